The van der Waals surface area contributed by atoms with Crippen LogP contribution in [-0.4, -0.2) is 53.3 Å². The highest BCUT2D eigenvalue weighted by Crippen LogP contribution is 2.20. The number of halogens is 1. The largest absolute Gasteiger partial charge is 0.398 e. The Balaban J connectivity index is 1.46. The summed E-state index contributed by atoms with van der Waals surface area (Å²) in [5.74, 6) is -0.458. The number of rotatable bonds is 6. The molecule has 146 valence electrons. The number of ether oxygens (including phenoxy) is 1. The lowest BCUT2D eigenvalue weighted by Crippen LogP contribution is -2.38. The standard InChI is InChI=1S/C21H23FN4O2/c22-18-3-1-15(19(23)13-18)12-21(27)16-2-4-20-17(11-16)14-24-26(20)6-5-25-7-9-28-10-8-25/h1-4,11,13-14H,5-10,12,23H2. The summed E-state index contributed by atoms with van der Waals surface area (Å²) in [4.78, 5) is 15.0. The van der Waals surface area contributed by atoms with Crippen molar-refractivity contribution >= 4 is 22.4 Å². The molecular weight excluding hydrogens is 359 g/mol. The van der Waals surface area contributed by atoms with Crippen LogP contribution in [0.3, 0.4) is 0 Å². The maximum atomic E-state index is 13.2. The predicted octanol–water partition coefficient (Wildman–Crippen LogP) is 2.52. The van der Waals surface area contributed by atoms with Crippen molar-refractivity contribution in [2.45, 2.75) is 13.0 Å². The minimum absolute atomic E-state index is 0.0544. The lowest BCUT2D eigenvalue weighted by molar-refractivity contribution is 0.0361. The first-order valence-electron chi connectivity index (χ1n) is 9.43. The highest BCUT2D eigenvalue weighted by molar-refractivity contribution is 6.01. The van der Waals surface area contributed by atoms with Crippen LogP contribution in [0.1, 0.15) is 15.9 Å². The van der Waals surface area contributed by atoms with E-state index in [0.717, 1.165) is 50.3 Å². The number of anilines is 1. The minimum atomic E-state index is -0.403. The molecule has 0 aliphatic carbocycles. The minimum Gasteiger partial charge on any atom is -0.398 e. The first kappa shape index (κ1) is 18.6. The van der Waals surface area contributed by atoms with E-state index in [1.165, 1.54) is 12.1 Å². The number of nitrogen functional groups attached to an aromatic ring is 1. The van der Waals surface area contributed by atoms with Gasteiger partial charge in [-0.1, -0.05) is 6.07 Å². The molecule has 1 aliphatic rings. The molecule has 2 aromatic carbocycles. The van der Waals surface area contributed by atoms with Crippen molar-refractivity contribution in [1.29, 1.82) is 0 Å². The Morgan fingerprint density at radius 2 is 1.96 bits per heavy atom. The Labute approximate surface area is 162 Å². The molecular formula is C21H23FN4O2. The van der Waals surface area contributed by atoms with Crippen molar-refractivity contribution in [2.24, 2.45) is 0 Å². The van der Waals surface area contributed by atoms with Crippen LogP contribution in [0.5, 0.6) is 0 Å². The number of fused-ring (bicyclic) bond motifs is 1. The number of morpholine rings is 1. The van der Waals surface area contributed by atoms with Gasteiger partial charge in [-0.2, -0.15) is 5.10 Å². The van der Waals surface area contributed by atoms with Crippen LogP contribution in [0.15, 0.2) is 42.6 Å². The average Bonchev–Trinajstić information content (AvgIpc) is 3.11. The third kappa shape index (κ3) is 4.05. The van der Waals surface area contributed by atoms with Crippen LogP contribution in [0, 0.1) is 5.82 Å². The number of nitrogens with two attached hydrogens (primary N) is 1. The number of hydrogen-bond donors (Lipinski definition) is 1. The van der Waals surface area contributed by atoms with Crippen molar-refractivity contribution in [3.63, 3.8) is 0 Å². The van der Waals surface area contributed by atoms with E-state index < -0.39 is 5.82 Å². The molecule has 7 heteroatoms. The molecule has 1 fully saturated rings. The second kappa shape index (κ2) is 8.08. The van der Waals surface area contributed by atoms with E-state index >= 15 is 0 Å². The topological polar surface area (TPSA) is 73.4 Å². The van der Waals surface area contributed by atoms with Crippen molar-refractivity contribution < 1.29 is 13.9 Å². The zero-order valence-corrected chi connectivity index (χ0v) is 15.6. The third-order valence-electron chi connectivity index (χ3n) is 5.15. The Morgan fingerprint density at radius 1 is 1.14 bits per heavy atom. The quantitative estimate of drug-likeness (QED) is 0.524. The molecule has 1 aliphatic heterocycles. The van der Waals surface area contributed by atoms with E-state index in [2.05, 4.69) is 10.00 Å². The molecule has 2 heterocycles. The summed E-state index contributed by atoms with van der Waals surface area (Å²) in [6.07, 6.45) is 1.93. The fourth-order valence-corrected chi connectivity index (χ4v) is 3.50. The van der Waals surface area contributed by atoms with E-state index in [0.29, 0.717) is 16.8 Å². The average molecular weight is 382 g/mol. The summed E-state index contributed by atoms with van der Waals surface area (Å²) in [7, 11) is 0. The summed E-state index contributed by atoms with van der Waals surface area (Å²) in [5.41, 5.74) is 8.35. The van der Waals surface area contributed by atoms with Gasteiger partial charge < -0.3 is 10.5 Å². The van der Waals surface area contributed by atoms with Crippen LogP contribution in [0.4, 0.5) is 10.1 Å². The molecule has 6 nitrogen and oxygen atoms in total. The maximum Gasteiger partial charge on any atom is 0.167 e. The Kier molecular flexibility index (Phi) is 5.36. The molecule has 0 unspecified atom stereocenters. The lowest BCUT2D eigenvalue weighted by Gasteiger charge is -2.26. The van der Waals surface area contributed by atoms with E-state index in [1.54, 1.807) is 12.3 Å². The molecule has 2 N–H and O–H groups in total. The van der Waals surface area contributed by atoms with Crippen LogP contribution in [0.2, 0.25) is 0 Å². The van der Waals surface area contributed by atoms with E-state index in [9.17, 15) is 9.18 Å². The molecule has 0 radical (unpaired) electrons. The number of hydrogen-bond acceptors (Lipinski definition) is 5. The number of carbonyl (C=O) groups excluding carboxylic acids is 1. The molecule has 1 aromatic heterocycles. The molecule has 4 rings (SSSR count). The highest BCUT2D eigenvalue weighted by atomic mass is 19.1. The molecule has 0 saturated carbocycles. The van der Waals surface area contributed by atoms with Gasteiger partial charge in [0.25, 0.3) is 0 Å². The summed E-state index contributed by atoms with van der Waals surface area (Å²) in [6.45, 7) is 5.18. The van der Waals surface area contributed by atoms with Crippen molar-refractivity contribution in [3.8, 4) is 0 Å². The summed E-state index contributed by atoms with van der Waals surface area (Å²) in [5, 5.41) is 5.40. The van der Waals surface area contributed by atoms with Crippen LogP contribution < -0.4 is 5.73 Å². The van der Waals surface area contributed by atoms with Gasteiger partial charge in [0.05, 0.1) is 31.5 Å². The Bertz CT molecular complexity index is 995. The summed E-state index contributed by atoms with van der Waals surface area (Å²) < 4.78 is 20.5. The highest BCUT2D eigenvalue weighted by Gasteiger charge is 2.14. The monoisotopic (exact) mass is 382 g/mol. The molecule has 28 heavy (non-hydrogen) atoms. The van der Waals surface area contributed by atoms with Gasteiger partial charge in [0.15, 0.2) is 5.78 Å². The molecule has 1 saturated heterocycles. The second-order valence-electron chi connectivity index (χ2n) is 7.04. The van der Waals surface area contributed by atoms with Gasteiger partial charge in [-0.3, -0.25) is 14.4 Å². The van der Waals surface area contributed by atoms with Gasteiger partial charge in [-0.25, -0.2) is 4.39 Å². The first-order chi connectivity index (χ1) is 13.6. The van der Waals surface area contributed by atoms with Crippen LogP contribution in [-0.2, 0) is 17.7 Å². The number of benzene rings is 2. The maximum absolute atomic E-state index is 13.2. The fraction of sp³-hybridized carbons (Fsp3) is 0.333. The predicted molar refractivity (Wildman–Crippen MR) is 106 cm³/mol. The fourth-order valence-electron chi connectivity index (χ4n) is 3.50. The van der Waals surface area contributed by atoms with Crippen LogP contribution in [0.25, 0.3) is 10.9 Å². The van der Waals surface area contributed by atoms with Crippen molar-refractivity contribution in [2.75, 3.05) is 38.6 Å². The zero-order valence-electron chi connectivity index (χ0n) is 15.6. The Morgan fingerprint density at radius 3 is 2.75 bits per heavy atom. The van der Waals surface area contributed by atoms with Gasteiger partial charge in [0.2, 0.25) is 0 Å². The molecule has 0 amide bonds. The van der Waals surface area contributed by atoms with E-state index in [4.69, 9.17) is 10.5 Å². The van der Waals surface area contributed by atoms with Gasteiger partial charge in [-0.05, 0) is 35.9 Å². The van der Waals surface area contributed by atoms with Gasteiger partial charge in [0.1, 0.15) is 5.82 Å². The zero-order chi connectivity index (χ0) is 19.5. The van der Waals surface area contributed by atoms with Gasteiger partial charge in [0, 0.05) is 42.7 Å². The van der Waals surface area contributed by atoms with E-state index in [1.807, 2.05) is 22.9 Å². The van der Waals surface area contributed by atoms with Crippen molar-refractivity contribution in [3.05, 3.63) is 59.5 Å². The number of carbonyl (C=O) groups is 1. The third-order valence-corrected chi connectivity index (χ3v) is 5.15. The molecule has 0 bridgehead atoms. The number of ketones is 1. The van der Waals surface area contributed by atoms with Gasteiger partial charge >= 0.3 is 0 Å². The summed E-state index contributed by atoms with van der Waals surface area (Å²) >= 11 is 0. The molecule has 0 spiro atoms. The smallest absolute Gasteiger partial charge is 0.167 e. The van der Waals surface area contributed by atoms with Gasteiger partial charge in [-0.15, -0.1) is 0 Å². The number of nitrogens with zero attached hydrogens (tertiary/aromatic N) is 3. The molecule has 3 aromatic rings. The second-order valence-corrected chi connectivity index (χ2v) is 7.04. The van der Waals surface area contributed by atoms with Crippen LogP contribution >= 0.6 is 0 Å². The first-order valence-corrected chi connectivity index (χ1v) is 9.43. The normalized spacial score (nSPS) is 15.2. The Hall–Kier alpha value is -2.77. The number of aromatic nitrogens is 2. The number of Topliss-reactive ketones (excluding diaryl/α,β-unsaturated/α-hetero) is 1. The lowest BCUT2D eigenvalue weighted by atomic mass is 10.0. The van der Waals surface area contributed by atoms with E-state index in [-0.39, 0.29) is 12.2 Å². The SMILES string of the molecule is Nc1cc(F)ccc1CC(=O)c1ccc2c(cnn2CCN2CCOCC2)c1. The van der Waals surface area contributed by atoms with Crippen molar-refractivity contribution in [1.82, 2.24) is 14.7 Å². The molecule has 0 atom stereocenters. The summed E-state index contributed by atoms with van der Waals surface area (Å²) in [6, 6.07) is 9.73.